The fourth-order valence-electron chi connectivity index (χ4n) is 2.44. The largest absolute Gasteiger partial charge is 0.497 e. The van der Waals surface area contributed by atoms with Crippen LogP contribution in [0.15, 0.2) is 48.5 Å². The van der Waals surface area contributed by atoms with Crippen molar-refractivity contribution in [3.8, 4) is 5.75 Å². The van der Waals surface area contributed by atoms with Gasteiger partial charge in [-0.1, -0.05) is 24.3 Å². The molecule has 3 nitrogen and oxygen atoms in total. The molecule has 21 heavy (non-hydrogen) atoms. The Morgan fingerprint density at radius 3 is 2.38 bits per heavy atom. The van der Waals surface area contributed by atoms with E-state index in [2.05, 4.69) is 55.4 Å². The second-order valence-corrected chi connectivity index (χ2v) is 5.47. The first-order valence-electron chi connectivity index (χ1n) is 7.24. The highest BCUT2D eigenvalue weighted by molar-refractivity contribution is 5.48. The lowest BCUT2D eigenvalue weighted by Crippen LogP contribution is -2.16. The van der Waals surface area contributed by atoms with Crippen molar-refractivity contribution in [3.63, 3.8) is 0 Å². The van der Waals surface area contributed by atoms with Crippen LogP contribution in [0.4, 0.5) is 5.69 Å². The van der Waals surface area contributed by atoms with E-state index in [4.69, 9.17) is 10.5 Å². The summed E-state index contributed by atoms with van der Waals surface area (Å²) in [4.78, 5) is 2.12. The molecule has 2 rings (SSSR count). The molecule has 2 aromatic rings. The fraction of sp³-hybridized carbons (Fsp3) is 0.333. The topological polar surface area (TPSA) is 38.5 Å². The minimum absolute atomic E-state index is 0.332. The normalized spacial score (nSPS) is 12.0. The third-order valence-electron chi connectivity index (χ3n) is 3.78. The first kappa shape index (κ1) is 15.4. The molecule has 0 radical (unpaired) electrons. The van der Waals surface area contributed by atoms with E-state index in [-0.39, 0.29) is 0 Å². The molecular formula is C18H24N2O. The van der Waals surface area contributed by atoms with Gasteiger partial charge in [-0.25, -0.2) is 0 Å². The van der Waals surface area contributed by atoms with E-state index in [9.17, 15) is 0 Å². The highest BCUT2D eigenvalue weighted by atomic mass is 16.5. The number of nitrogens with two attached hydrogens (primary N) is 1. The monoisotopic (exact) mass is 284 g/mol. The van der Waals surface area contributed by atoms with Gasteiger partial charge in [0.2, 0.25) is 0 Å². The number of methoxy groups -OCH3 is 1. The Hall–Kier alpha value is -2.00. The number of hydrogen-bond acceptors (Lipinski definition) is 3. The molecule has 0 heterocycles. The first-order valence-corrected chi connectivity index (χ1v) is 7.24. The van der Waals surface area contributed by atoms with Crippen LogP contribution in [-0.4, -0.2) is 27.7 Å². The zero-order chi connectivity index (χ0) is 15.2. The maximum Gasteiger partial charge on any atom is 0.118 e. The van der Waals surface area contributed by atoms with Gasteiger partial charge < -0.3 is 15.4 Å². The van der Waals surface area contributed by atoms with Gasteiger partial charge in [0, 0.05) is 25.7 Å². The minimum Gasteiger partial charge on any atom is -0.497 e. The number of rotatable bonds is 6. The molecule has 0 spiro atoms. The second kappa shape index (κ2) is 7.14. The molecule has 1 unspecified atom stereocenters. The minimum atomic E-state index is 0.332. The van der Waals surface area contributed by atoms with Gasteiger partial charge in [0.25, 0.3) is 0 Å². The van der Waals surface area contributed by atoms with Gasteiger partial charge in [0.1, 0.15) is 5.75 Å². The van der Waals surface area contributed by atoms with Crippen molar-refractivity contribution in [1.82, 2.24) is 0 Å². The molecule has 0 fully saturated rings. The van der Waals surface area contributed by atoms with Gasteiger partial charge >= 0.3 is 0 Å². The van der Waals surface area contributed by atoms with Gasteiger partial charge in [0.15, 0.2) is 0 Å². The maximum absolute atomic E-state index is 6.00. The molecule has 0 aliphatic carbocycles. The lowest BCUT2D eigenvalue weighted by atomic mass is 9.91. The van der Waals surface area contributed by atoms with E-state index in [1.54, 1.807) is 7.11 Å². The summed E-state index contributed by atoms with van der Waals surface area (Å²) in [5.41, 5.74) is 9.78. The van der Waals surface area contributed by atoms with E-state index in [1.165, 1.54) is 16.8 Å². The second-order valence-electron chi connectivity index (χ2n) is 5.47. The Morgan fingerprint density at radius 2 is 1.81 bits per heavy atom. The van der Waals surface area contributed by atoms with Gasteiger partial charge in [0.05, 0.1) is 7.11 Å². The van der Waals surface area contributed by atoms with Crippen LogP contribution in [-0.2, 0) is 6.42 Å². The summed E-state index contributed by atoms with van der Waals surface area (Å²) >= 11 is 0. The van der Waals surface area contributed by atoms with Gasteiger partial charge in [-0.15, -0.1) is 0 Å². The van der Waals surface area contributed by atoms with E-state index in [0.717, 1.165) is 12.2 Å². The predicted octanol–water partition coefficient (Wildman–Crippen LogP) is 3.05. The average molecular weight is 284 g/mol. The van der Waals surface area contributed by atoms with Crippen molar-refractivity contribution in [2.45, 2.75) is 12.3 Å². The highest BCUT2D eigenvalue weighted by Gasteiger charge is 2.12. The van der Waals surface area contributed by atoms with Crippen molar-refractivity contribution in [1.29, 1.82) is 0 Å². The fourth-order valence-corrected chi connectivity index (χ4v) is 2.44. The Bertz CT molecular complexity index is 564. The molecule has 0 aromatic heterocycles. The van der Waals surface area contributed by atoms with Crippen molar-refractivity contribution < 1.29 is 4.74 Å². The summed E-state index contributed by atoms with van der Waals surface area (Å²) in [6, 6.07) is 16.8. The molecule has 3 heteroatoms. The van der Waals surface area contributed by atoms with Crippen LogP contribution in [0.1, 0.15) is 17.0 Å². The Kier molecular flexibility index (Phi) is 5.23. The lowest BCUT2D eigenvalue weighted by Gasteiger charge is -2.19. The number of nitrogens with zero attached hydrogens (tertiary/aromatic N) is 1. The van der Waals surface area contributed by atoms with E-state index in [0.29, 0.717) is 12.5 Å². The quantitative estimate of drug-likeness (QED) is 0.886. The van der Waals surface area contributed by atoms with Gasteiger partial charge in [-0.05, 0) is 48.4 Å². The molecule has 0 aliphatic heterocycles. The Balaban J connectivity index is 2.17. The summed E-state index contributed by atoms with van der Waals surface area (Å²) in [7, 11) is 5.80. The van der Waals surface area contributed by atoms with Gasteiger partial charge in [-0.3, -0.25) is 0 Å². The summed E-state index contributed by atoms with van der Waals surface area (Å²) in [6.07, 6.45) is 0.942. The number of benzene rings is 2. The molecule has 112 valence electrons. The van der Waals surface area contributed by atoms with Crippen LogP contribution in [0.5, 0.6) is 5.75 Å². The molecule has 0 amide bonds. The standard InChI is InChI=1S/C18H24N2O/c1-20(2)17-6-4-5-15(12-17)16(13-19)11-14-7-9-18(21-3)10-8-14/h4-10,12,16H,11,13,19H2,1-3H3. The van der Waals surface area contributed by atoms with Crippen LogP contribution < -0.4 is 15.4 Å². The zero-order valence-corrected chi connectivity index (χ0v) is 13.0. The summed E-state index contributed by atoms with van der Waals surface area (Å²) in [5, 5.41) is 0. The average Bonchev–Trinajstić information content (AvgIpc) is 2.53. The Labute approximate surface area is 127 Å². The summed E-state index contributed by atoms with van der Waals surface area (Å²) in [6.45, 7) is 0.642. The molecule has 0 saturated heterocycles. The predicted molar refractivity (Wildman–Crippen MR) is 89.3 cm³/mol. The molecular weight excluding hydrogens is 260 g/mol. The summed E-state index contributed by atoms with van der Waals surface area (Å²) in [5.74, 6) is 1.22. The van der Waals surface area contributed by atoms with Crippen LogP contribution in [0.3, 0.4) is 0 Å². The van der Waals surface area contributed by atoms with E-state index >= 15 is 0 Å². The molecule has 2 N–H and O–H groups in total. The van der Waals surface area contributed by atoms with E-state index in [1.807, 2.05) is 12.1 Å². The number of ether oxygens (including phenoxy) is 1. The molecule has 0 aliphatic rings. The highest BCUT2D eigenvalue weighted by Crippen LogP contribution is 2.24. The first-order chi connectivity index (χ1) is 10.1. The van der Waals surface area contributed by atoms with Crippen LogP contribution in [0.25, 0.3) is 0 Å². The third kappa shape index (κ3) is 3.99. The smallest absolute Gasteiger partial charge is 0.118 e. The van der Waals surface area contributed by atoms with Crippen molar-refractivity contribution >= 4 is 5.69 Å². The third-order valence-corrected chi connectivity index (χ3v) is 3.78. The molecule has 1 atom stereocenters. The SMILES string of the molecule is COc1ccc(CC(CN)c2cccc(N(C)C)c2)cc1. The Morgan fingerprint density at radius 1 is 1.10 bits per heavy atom. The lowest BCUT2D eigenvalue weighted by molar-refractivity contribution is 0.414. The zero-order valence-electron chi connectivity index (χ0n) is 13.0. The van der Waals surface area contributed by atoms with Gasteiger partial charge in [-0.2, -0.15) is 0 Å². The summed E-state index contributed by atoms with van der Waals surface area (Å²) < 4.78 is 5.20. The van der Waals surface area contributed by atoms with Crippen molar-refractivity contribution in [2.24, 2.45) is 5.73 Å². The van der Waals surface area contributed by atoms with Crippen LogP contribution in [0.2, 0.25) is 0 Å². The molecule has 0 saturated carbocycles. The maximum atomic E-state index is 6.00. The van der Waals surface area contributed by atoms with Crippen LogP contribution in [0, 0.1) is 0 Å². The van der Waals surface area contributed by atoms with Crippen molar-refractivity contribution in [3.05, 3.63) is 59.7 Å². The molecule has 2 aromatic carbocycles. The number of hydrogen-bond donors (Lipinski definition) is 1. The number of anilines is 1. The van der Waals surface area contributed by atoms with E-state index < -0.39 is 0 Å². The molecule has 0 bridgehead atoms. The van der Waals surface area contributed by atoms with Crippen LogP contribution >= 0.6 is 0 Å². The van der Waals surface area contributed by atoms with Crippen molar-refractivity contribution in [2.75, 3.05) is 32.6 Å².